The van der Waals surface area contributed by atoms with E-state index in [1.807, 2.05) is 36.1 Å². The van der Waals surface area contributed by atoms with Gasteiger partial charge in [0, 0.05) is 39.8 Å². The molecule has 33 heavy (non-hydrogen) atoms. The molecule has 4 rings (SSSR count). The summed E-state index contributed by atoms with van der Waals surface area (Å²) in [4.78, 5) is 35.2. The Kier molecular flexibility index (Phi) is 7.80. The van der Waals surface area contributed by atoms with E-state index in [1.54, 1.807) is 17.7 Å². The van der Waals surface area contributed by atoms with Crippen molar-refractivity contribution >= 4 is 28.6 Å². The van der Waals surface area contributed by atoms with Gasteiger partial charge in [0.1, 0.15) is 0 Å². The lowest BCUT2D eigenvalue weighted by Gasteiger charge is -2.35. The number of carbonyl (C=O) groups excluding carboxylic acids is 1. The second-order valence-corrected chi connectivity index (χ2v) is 9.52. The summed E-state index contributed by atoms with van der Waals surface area (Å²) in [5.41, 5.74) is 1.83. The largest absolute Gasteiger partial charge is 0.383 e. The molecule has 2 heterocycles. The van der Waals surface area contributed by atoms with Crippen LogP contribution in [0.25, 0.3) is 10.9 Å². The zero-order valence-corrected chi connectivity index (χ0v) is 20.0. The molecule has 174 valence electrons. The summed E-state index contributed by atoms with van der Waals surface area (Å²) in [5, 5.41) is 0.790. The molecule has 1 fully saturated rings. The number of rotatable bonds is 8. The fraction of sp³-hybridized carbons (Fsp3) is 0.400. The maximum absolute atomic E-state index is 13.2. The van der Waals surface area contributed by atoms with Gasteiger partial charge in [-0.15, -0.1) is 0 Å². The first kappa shape index (κ1) is 23.5. The van der Waals surface area contributed by atoms with Crippen LogP contribution >= 0.6 is 11.8 Å². The number of aromatic nitrogens is 2. The zero-order chi connectivity index (χ0) is 23.2. The van der Waals surface area contributed by atoms with Gasteiger partial charge in [-0.1, -0.05) is 54.2 Å². The summed E-state index contributed by atoms with van der Waals surface area (Å²) in [5.74, 6) is 0.0834. The van der Waals surface area contributed by atoms with E-state index in [0.29, 0.717) is 42.3 Å². The summed E-state index contributed by atoms with van der Waals surface area (Å²) in [6.07, 6.45) is 0. The number of hydrogen-bond acceptors (Lipinski definition) is 6. The van der Waals surface area contributed by atoms with E-state index in [4.69, 9.17) is 9.72 Å². The molecule has 0 saturated carbocycles. The molecule has 2 aromatic carbocycles. The summed E-state index contributed by atoms with van der Waals surface area (Å²) in [6.45, 7) is 6.71. The molecule has 1 aliphatic heterocycles. The summed E-state index contributed by atoms with van der Waals surface area (Å²) in [7, 11) is 1.61. The molecule has 0 aliphatic carbocycles. The molecule has 0 unspecified atom stereocenters. The van der Waals surface area contributed by atoms with Crippen LogP contribution in [0.2, 0.25) is 0 Å². The Morgan fingerprint density at radius 2 is 1.76 bits per heavy atom. The normalized spacial score (nSPS) is 15.6. The molecule has 1 saturated heterocycles. The highest BCUT2D eigenvalue weighted by molar-refractivity contribution is 8.00. The molecule has 8 heteroatoms. The lowest BCUT2D eigenvalue weighted by molar-refractivity contribution is -0.132. The monoisotopic (exact) mass is 466 g/mol. The standard InChI is InChI=1S/C25H30N4O3S/c1-19(23(30)28-14-12-27(13-15-28)18-20-8-4-3-5-9-20)33-25-26-22-11-7-6-10-21(22)24(31)29(25)16-17-32-2/h3-11,19H,12-18H2,1-2H3/t19-/m1/s1. The number of nitrogens with zero attached hydrogens (tertiary/aromatic N) is 4. The highest BCUT2D eigenvalue weighted by Gasteiger charge is 2.27. The molecule has 7 nitrogen and oxygen atoms in total. The minimum absolute atomic E-state index is 0.0834. The van der Waals surface area contributed by atoms with Crippen LogP contribution in [0.5, 0.6) is 0 Å². The second-order valence-electron chi connectivity index (χ2n) is 8.21. The van der Waals surface area contributed by atoms with Gasteiger partial charge in [-0.2, -0.15) is 0 Å². The first-order valence-corrected chi connectivity index (χ1v) is 12.1. The molecule has 3 aromatic rings. The van der Waals surface area contributed by atoms with Gasteiger partial charge in [0.05, 0.1) is 29.3 Å². The molecular formula is C25H30N4O3S. The van der Waals surface area contributed by atoms with Crippen LogP contribution in [-0.4, -0.2) is 70.4 Å². The van der Waals surface area contributed by atoms with Crippen LogP contribution < -0.4 is 5.56 Å². The second kappa shape index (κ2) is 11.0. The topological polar surface area (TPSA) is 67.7 Å². The quantitative estimate of drug-likeness (QED) is 0.376. The smallest absolute Gasteiger partial charge is 0.262 e. The molecule has 1 aromatic heterocycles. The fourth-order valence-corrected chi connectivity index (χ4v) is 5.07. The van der Waals surface area contributed by atoms with Crippen LogP contribution in [0, 0.1) is 0 Å². The molecule has 1 amide bonds. The predicted molar refractivity (Wildman–Crippen MR) is 131 cm³/mol. The molecule has 0 N–H and O–H groups in total. The van der Waals surface area contributed by atoms with Crippen molar-refractivity contribution in [1.82, 2.24) is 19.4 Å². The zero-order valence-electron chi connectivity index (χ0n) is 19.1. The maximum Gasteiger partial charge on any atom is 0.262 e. The Morgan fingerprint density at radius 1 is 1.06 bits per heavy atom. The van der Waals surface area contributed by atoms with Crippen molar-refractivity contribution < 1.29 is 9.53 Å². The van der Waals surface area contributed by atoms with E-state index in [-0.39, 0.29) is 16.7 Å². The lowest BCUT2D eigenvalue weighted by atomic mass is 10.2. The SMILES string of the molecule is COCCn1c(S[C@H](C)C(=O)N2CCN(Cc3ccccc3)CC2)nc2ccccc2c1=O. The van der Waals surface area contributed by atoms with Gasteiger partial charge >= 0.3 is 0 Å². The number of piperazine rings is 1. The Morgan fingerprint density at radius 3 is 2.48 bits per heavy atom. The van der Waals surface area contributed by atoms with E-state index in [2.05, 4.69) is 29.2 Å². The first-order chi connectivity index (χ1) is 16.1. The predicted octanol–water partition coefficient (Wildman–Crippen LogP) is 2.87. The average molecular weight is 467 g/mol. The number of fused-ring (bicyclic) bond motifs is 1. The van der Waals surface area contributed by atoms with Crippen LogP contribution in [-0.2, 0) is 22.6 Å². The number of ether oxygens (including phenoxy) is 1. The first-order valence-electron chi connectivity index (χ1n) is 11.3. The van der Waals surface area contributed by atoms with E-state index < -0.39 is 0 Å². The minimum Gasteiger partial charge on any atom is -0.383 e. The number of hydrogen-bond donors (Lipinski definition) is 0. The van der Waals surface area contributed by atoms with Gasteiger partial charge < -0.3 is 9.64 Å². The van der Waals surface area contributed by atoms with Crippen molar-refractivity contribution in [2.24, 2.45) is 0 Å². The summed E-state index contributed by atoms with van der Waals surface area (Å²) < 4.78 is 6.81. The molecule has 0 radical (unpaired) electrons. The molecule has 0 bridgehead atoms. The third kappa shape index (κ3) is 5.63. The highest BCUT2D eigenvalue weighted by Crippen LogP contribution is 2.24. The third-order valence-corrected chi connectivity index (χ3v) is 6.99. The van der Waals surface area contributed by atoms with Gasteiger partial charge in [-0.25, -0.2) is 4.98 Å². The van der Waals surface area contributed by atoms with E-state index in [9.17, 15) is 9.59 Å². The fourth-order valence-electron chi connectivity index (χ4n) is 4.05. The molecular weight excluding hydrogens is 436 g/mol. The van der Waals surface area contributed by atoms with Crippen molar-refractivity contribution in [3.8, 4) is 0 Å². The molecule has 1 aliphatic rings. The van der Waals surface area contributed by atoms with Crippen LogP contribution in [0.15, 0.2) is 64.5 Å². The van der Waals surface area contributed by atoms with Crippen LogP contribution in [0.3, 0.4) is 0 Å². The summed E-state index contributed by atoms with van der Waals surface area (Å²) in [6, 6.07) is 17.7. The Bertz CT molecular complexity index is 1140. The Balaban J connectivity index is 1.43. The number of amides is 1. The van der Waals surface area contributed by atoms with Crippen molar-refractivity contribution in [1.29, 1.82) is 0 Å². The minimum atomic E-state index is -0.340. The average Bonchev–Trinajstić information content (AvgIpc) is 2.84. The van der Waals surface area contributed by atoms with E-state index in [0.717, 1.165) is 19.6 Å². The van der Waals surface area contributed by atoms with Crippen molar-refractivity contribution in [3.05, 3.63) is 70.5 Å². The Labute approximate surface area is 198 Å². The van der Waals surface area contributed by atoms with Crippen molar-refractivity contribution in [2.75, 3.05) is 39.9 Å². The van der Waals surface area contributed by atoms with Gasteiger partial charge in [0.25, 0.3) is 5.56 Å². The van der Waals surface area contributed by atoms with Crippen LogP contribution in [0.1, 0.15) is 12.5 Å². The molecule has 1 atom stereocenters. The number of carbonyl (C=O) groups is 1. The van der Waals surface area contributed by atoms with Gasteiger partial charge in [0.2, 0.25) is 5.91 Å². The van der Waals surface area contributed by atoms with E-state index in [1.165, 1.54) is 17.3 Å². The Hall–Kier alpha value is -2.68. The van der Waals surface area contributed by atoms with E-state index >= 15 is 0 Å². The number of benzene rings is 2. The van der Waals surface area contributed by atoms with Gasteiger partial charge in [0.15, 0.2) is 5.16 Å². The van der Waals surface area contributed by atoms with Gasteiger partial charge in [-0.05, 0) is 24.6 Å². The van der Waals surface area contributed by atoms with Crippen molar-refractivity contribution in [2.45, 2.75) is 30.4 Å². The maximum atomic E-state index is 13.2. The third-order valence-electron chi connectivity index (χ3n) is 5.91. The van der Waals surface area contributed by atoms with Crippen LogP contribution in [0.4, 0.5) is 0 Å². The summed E-state index contributed by atoms with van der Waals surface area (Å²) >= 11 is 1.35. The number of para-hydroxylation sites is 1. The highest BCUT2D eigenvalue weighted by atomic mass is 32.2. The molecule has 0 spiro atoms. The van der Waals surface area contributed by atoms with Gasteiger partial charge in [-0.3, -0.25) is 19.1 Å². The lowest BCUT2D eigenvalue weighted by Crippen LogP contribution is -2.50. The number of methoxy groups -OCH3 is 1. The van der Waals surface area contributed by atoms with Crippen molar-refractivity contribution in [3.63, 3.8) is 0 Å². The number of thioether (sulfide) groups is 1.